The van der Waals surface area contributed by atoms with E-state index in [1.807, 2.05) is 31.7 Å². The van der Waals surface area contributed by atoms with Crippen LogP contribution in [0.3, 0.4) is 0 Å². The molecule has 1 aromatic carbocycles. The van der Waals surface area contributed by atoms with Gasteiger partial charge in [0.15, 0.2) is 5.78 Å². The summed E-state index contributed by atoms with van der Waals surface area (Å²) in [5.74, 6) is 0.886. The fourth-order valence-electron chi connectivity index (χ4n) is 3.39. The minimum Gasteiger partial charge on any atom is -0.486 e. The lowest BCUT2D eigenvalue weighted by Crippen LogP contribution is -2.52. The molecule has 0 bridgehead atoms. The van der Waals surface area contributed by atoms with E-state index >= 15 is 0 Å². The van der Waals surface area contributed by atoms with Gasteiger partial charge in [0.2, 0.25) is 5.91 Å². The molecule has 5 heteroatoms. The maximum atomic E-state index is 12.5. The van der Waals surface area contributed by atoms with Crippen molar-refractivity contribution in [2.24, 2.45) is 5.92 Å². The second kappa shape index (κ2) is 5.82. The molecular weight excluding hydrogens is 314 g/mol. The fourth-order valence-corrected chi connectivity index (χ4v) is 3.56. The van der Waals surface area contributed by atoms with Gasteiger partial charge in [-0.3, -0.25) is 9.59 Å². The normalized spacial score (nSPS) is 19.7. The highest BCUT2D eigenvalue weighted by Gasteiger charge is 2.44. The van der Waals surface area contributed by atoms with Gasteiger partial charge < -0.3 is 9.64 Å². The van der Waals surface area contributed by atoms with E-state index in [-0.39, 0.29) is 17.6 Å². The Bertz CT molecular complexity index is 660. The second-order valence-corrected chi connectivity index (χ2v) is 7.37. The van der Waals surface area contributed by atoms with Crippen molar-refractivity contribution in [3.05, 3.63) is 28.3 Å². The summed E-state index contributed by atoms with van der Waals surface area (Å²) in [6.45, 7) is 7.02. The number of ether oxygens (including phenoxy) is 1. The molecule has 2 heterocycles. The van der Waals surface area contributed by atoms with E-state index in [0.717, 1.165) is 5.56 Å². The van der Waals surface area contributed by atoms with Gasteiger partial charge in [0.25, 0.3) is 0 Å². The second-order valence-electron chi connectivity index (χ2n) is 6.96. The van der Waals surface area contributed by atoms with Gasteiger partial charge in [-0.25, -0.2) is 0 Å². The molecule has 1 fully saturated rings. The molecule has 4 nitrogen and oxygen atoms in total. The van der Waals surface area contributed by atoms with Crippen LogP contribution in [0.25, 0.3) is 0 Å². The monoisotopic (exact) mass is 335 g/mol. The number of rotatable bonds is 1. The highest BCUT2D eigenvalue weighted by atomic mass is 35.5. The van der Waals surface area contributed by atoms with Crippen molar-refractivity contribution in [3.63, 3.8) is 0 Å². The standard InChI is InChI=1S/C18H22ClNO3/c1-11(2)17(22)20-6-4-18(5-7-20)10-15(21)13-9-14(19)12(3)8-16(13)23-18/h8-9,11H,4-7,10H2,1-3H3. The summed E-state index contributed by atoms with van der Waals surface area (Å²) in [5.41, 5.74) is 1.01. The zero-order valence-corrected chi connectivity index (χ0v) is 14.6. The van der Waals surface area contributed by atoms with E-state index in [9.17, 15) is 9.59 Å². The lowest BCUT2D eigenvalue weighted by Gasteiger charge is -2.44. The molecule has 0 radical (unpaired) electrons. The van der Waals surface area contributed by atoms with E-state index in [2.05, 4.69) is 0 Å². The third-order valence-electron chi connectivity index (χ3n) is 4.85. The van der Waals surface area contributed by atoms with Crippen molar-refractivity contribution >= 4 is 23.3 Å². The van der Waals surface area contributed by atoms with Gasteiger partial charge in [-0.2, -0.15) is 0 Å². The maximum Gasteiger partial charge on any atom is 0.225 e. The summed E-state index contributed by atoms with van der Waals surface area (Å²) in [6.07, 6.45) is 1.75. The summed E-state index contributed by atoms with van der Waals surface area (Å²) in [5, 5.41) is 0.592. The fraction of sp³-hybridized carbons (Fsp3) is 0.556. The zero-order valence-electron chi connectivity index (χ0n) is 13.8. The molecule has 0 unspecified atom stereocenters. The van der Waals surface area contributed by atoms with Crippen LogP contribution in [-0.2, 0) is 4.79 Å². The lowest BCUT2D eigenvalue weighted by atomic mass is 9.82. The molecule has 2 aliphatic rings. The van der Waals surface area contributed by atoms with Crippen molar-refractivity contribution in [3.8, 4) is 5.75 Å². The number of Topliss-reactive ketones (excluding diaryl/α,β-unsaturated/α-hetero) is 1. The van der Waals surface area contributed by atoms with Crippen LogP contribution >= 0.6 is 11.6 Å². The van der Waals surface area contributed by atoms with Crippen LogP contribution in [-0.4, -0.2) is 35.3 Å². The number of hydrogen-bond donors (Lipinski definition) is 0. The Balaban J connectivity index is 1.80. The van der Waals surface area contributed by atoms with Crippen LogP contribution in [0.4, 0.5) is 0 Å². The first kappa shape index (κ1) is 16.3. The summed E-state index contributed by atoms with van der Waals surface area (Å²) < 4.78 is 6.24. The number of likely N-dealkylation sites (tertiary alicyclic amines) is 1. The zero-order chi connectivity index (χ0) is 16.8. The third-order valence-corrected chi connectivity index (χ3v) is 5.26. The van der Waals surface area contributed by atoms with Crippen LogP contribution in [0, 0.1) is 12.8 Å². The average molecular weight is 336 g/mol. The van der Waals surface area contributed by atoms with Crippen LogP contribution in [0.5, 0.6) is 5.75 Å². The van der Waals surface area contributed by atoms with E-state index in [1.54, 1.807) is 6.07 Å². The Morgan fingerprint density at radius 3 is 2.57 bits per heavy atom. The minimum absolute atomic E-state index is 0.00322. The summed E-state index contributed by atoms with van der Waals surface area (Å²) in [4.78, 5) is 26.5. The van der Waals surface area contributed by atoms with Gasteiger partial charge in [0.05, 0.1) is 12.0 Å². The van der Waals surface area contributed by atoms with Gasteiger partial charge in [0, 0.05) is 36.9 Å². The Morgan fingerprint density at radius 1 is 1.30 bits per heavy atom. The molecule has 0 atom stereocenters. The van der Waals surface area contributed by atoms with Crippen LogP contribution in [0.15, 0.2) is 12.1 Å². The minimum atomic E-state index is -0.474. The first-order valence-electron chi connectivity index (χ1n) is 8.12. The molecule has 2 aliphatic heterocycles. The number of nitrogens with zero attached hydrogens (tertiary/aromatic N) is 1. The Morgan fingerprint density at radius 2 is 1.96 bits per heavy atom. The van der Waals surface area contributed by atoms with E-state index in [4.69, 9.17) is 16.3 Å². The van der Waals surface area contributed by atoms with Crippen LogP contribution < -0.4 is 4.74 Å². The first-order chi connectivity index (χ1) is 10.8. The molecular formula is C18H22ClNO3. The van der Waals surface area contributed by atoms with Gasteiger partial charge in [-0.1, -0.05) is 25.4 Å². The number of carbonyl (C=O) groups excluding carboxylic acids is 2. The molecule has 0 saturated carbocycles. The van der Waals surface area contributed by atoms with Gasteiger partial charge in [-0.15, -0.1) is 0 Å². The number of piperidine rings is 1. The topological polar surface area (TPSA) is 46.6 Å². The predicted octanol–water partition coefficient (Wildman–Crippen LogP) is 3.63. The van der Waals surface area contributed by atoms with Crippen molar-refractivity contribution in [2.75, 3.05) is 13.1 Å². The SMILES string of the molecule is Cc1cc2c(cc1Cl)C(=O)CC1(CCN(C(=O)C(C)C)CC1)O2. The van der Waals surface area contributed by atoms with Crippen molar-refractivity contribution in [2.45, 2.75) is 45.6 Å². The molecule has 1 saturated heterocycles. The maximum absolute atomic E-state index is 12.5. The highest BCUT2D eigenvalue weighted by Crippen LogP contribution is 2.41. The van der Waals surface area contributed by atoms with Crippen LogP contribution in [0.1, 0.15) is 49.0 Å². The van der Waals surface area contributed by atoms with Crippen LogP contribution in [0.2, 0.25) is 5.02 Å². The number of carbonyl (C=O) groups is 2. The summed E-state index contributed by atoms with van der Waals surface area (Å²) in [7, 11) is 0. The highest BCUT2D eigenvalue weighted by molar-refractivity contribution is 6.31. The lowest BCUT2D eigenvalue weighted by molar-refractivity contribution is -0.138. The first-order valence-corrected chi connectivity index (χ1v) is 8.50. The molecule has 1 amide bonds. The van der Waals surface area contributed by atoms with E-state index < -0.39 is 5.60 Å². The molecule has 124 valence electrons. The smallest absolute Gasteiger partial charge is 0.225 e. The number of fused-ring (bicyclic) bond motifs is 1. The number of benzene rings is 1. The van der Waals surface area contributed by atoms with E-state index in [0.29, 0.717) is 48.7 Å². The number of amides is 1. The Labute approximate surface area is 141 Å². The summed E-state index contributed by atoms with van der Waals surface area (Å²) in [6, 6.07) is 3.56. The van der Waals surface area contributed by atoms with Gasteiger partial charge >= 0.3 is 0 Å². The van der Waals surface area contributed by atoms with Crippen molar-refractivity contribution < 1.29 is 14.3 Å². The Hall–Kier alpha value is -1.55. The van der Waals surface area contributed by atoms with E-state index in [1.165, 1.54) is 0 Å². The molecule has 3 rings (SSSR count). The molecule has 0 N–H and O–H groups in total. The van der Waals surface area contributed by atoms with Crippen molar-refractivity contribution in [1.82, 2.24) is 4.90 Å². The average Bonchev–Trinajstić information content (AvgIpc) is 2.49. The molecule has 1 aromatic rings. The molecule has 0 aliphatic carbocycles. The predicted molar refractivity (Wildman–Crippen MR) is 89.1 cm³/mol. The molecule has 0 aromatic heterocycles. The van der Waals surface area contributed by atoms with Gasteiger partial charge in [0.1, 0.15) is 11.4 Å². The largest absolute Gasteiger partial charge is 0.486 e. The van der Waals surface area contributed by atoms with Gasteiger partial charge in [-0.05, 0) is 24.6 Å². The quantitative estimate of drug-likeness (QED) is 0.787. The molecule has 1 spiro atoms. The van der Waals surface area contributed by atoms with Crippen molar-refractivity contribution in [1.29, 1.82) is 0 Å². The third kappa shape index (κ3) is 2.97. The Kier molecular flexibility index (Phi) is 4.13. The molecule has 23 heavy (non-hydrogen) atoms. The number of halogens is 1. The number of ketones is 1. The summed E-state index contributed by atoms with van der Waals surface area (Å²) >= 11 is 6.12. The number of hydrogen-bond acceptors (Lipinski definition) is 3. The number of aryl methyl sites for hydroxylation is 1.